The van der Waals surface area contributed by atoms with E-state index in [1.165, 1.54) is 16.0 Å². The van der Waals surface area contributed by atoms with E-state index in [0.717, 1.165) is 10.7 Å². The molecule has 3 nitrogen and oxygen atoms in total. The van der Waals surface area contributed by atoms with Gasteiger partial charge in [0.05, 0.1) is 0 Å². The molecule has 0 aliphatic rings. The van der Waals surface area contributed by atoms with Crippen LogP contribution in [0.25, 0.3) is 0 Å². The second kappa shape index (κ2) is 5.40. The topological polar surface area (TPSA) is 37.8 Å². The Morgan fingerprint density at radius 2 is 1.78 bits per heavy atom. The molecule has 0 atom stereocenters. The SMILES string of the molecule is CNc1nc(C)cc(Sc2ccc(C)c(C)c2)n1. The lowest BCUT2D eigenvalue weighted by atomic mass is 10.1. The van der Waals surface area contributed by atoms with Gasteiger partial charge < -0.3 is 5.32 Å². The molecule has 18 heavy (non-hydrogen) atoms. The van der Waals surface area contributed by atoms with Crippen LogP contribution in [0.15, 0.2) is 34.2 Å². The van der Waals surface area contributed by atoms with Gasteiger partial charge in [0, 0.05) is 17.6 Å². The molecule has 1 aromatic carbocycles. The third-order valence-corrected chi connectivity index (χ3v) is 3.66. The summed E-state index contributed by atoms with van der Waals surface area (Å²) in [6, 6.07) is 8.46. The Balaban J connectivity index is 2.27. The van der Waals surface area contributed by atoms with E-state index in [2.05, 4.69) is 47.3 Å². The number of nitrogens with zero attached hydrogens (tertiary/aromatic N) is 2. The normalized spacial score (nSPS) is 10.4. The molecule has 2 aromatic rings. The first-order chi connectivity index (χ1) is 8.58. The van der Waals surface area contributed by atoms with E-state index in [-0.39, 0.29) is 0 Å². The zero-order chi connectivity index (χ0) is 13.1. The molecule has 0 aliphatic heterocycles. The van der Waals surface area contributed by atoms with Gasteiger partial charge in [-0.2, -0.15) is 0 Å². The summed E-state index contributed by atoms with van der Waals surface area (Å²) in [5.41, 5.74) is 3.59. The molecule has 94 valence electrons. The van der Waals surface area contributed by atoms with Crippen molar-refractivity contribution in [2.75, 3.05) is 12.4 Å². The summed E-state index contributed by atoms with van der Waals surface area (Å²) < 4.78 is 0. The minimum absolute atomic E-state index is 0.668. The van der Waals surface area contributed by atoms with Crippen molar-refractivity contribution in [1.29, 1.82) is 0 Å². The Morgan fingerprint density at radius 3 is 2.44 bits per heavy atom. The van der Waals surface area contributed by atoms with E-state index in [4.69, 9.17) is 0 Å². The molecule has 4 heteroatoms. The van der Waals surface area contributed by atoms with E-state index in [9.17, 15) is 0 Å². The van der Waals surface area contributed by atoms with Crippen molar-refractivity contribution in [2.24, 2.45) is 0 Å². The van der Waals surface area contributed by atoms with Gasteiger partial charge >= 0.3 is 0 Å². The zero-order valence-corrected chi connectivity index (χ0v) is 11.9. The standard InChI is InChI=1S/C14H17N3S/c1-9-5-6-12(7-10(9)2)18-13-8-11(3)16-14(15-4)17-13/h5-8H,1-4H3,(H,15,16,17). The smallest absolute Gasteiger partial charge is 0.223 e. The fraction of sp³-hybridized carbons (Fsp3) is 0.286. The minimum atomic E-state index is 0.668. The highest BCUT2D eigenvalue weighted by atomic mass is 32.2. The number of aromatic nitrogens is 2. The number of hydrogen-bond acceptors (Lipinski definition) is 4. The Bertz CT molecular complexity index is 567. The first-order valence-electron chi connectivity index (χ1n) is 5.87. The number of anilines is 1. The molecule has 1 aromatic heterocycles. The summed E-state index contributed by atoms with van der Waals surface area (Å²) in [7, 11) is 1.83. The zero-order valence-electron chi connectivity index (χ0n) is 11.1. The molecule has 0 bridgehead atoms. The molecule has 0 fully saturated rings. The van der Waals surface area contributed by atoms with E-state index in [0.29, 0.717) is 5.95 Å². The molecule has 0 aliphatic carbocycles. The predicted octanol–water partition coefficient (Wildman–Crippen LogP) is 3.59. The molecule has 0 saturated heterocycles. The highest BCUT2D eigenvalue weighted by molar-refractivity contribution is 7.99. The molecule has 0 amide bonds. The van der Waals surface area contributed by atoms with Gasteiger partial charge in [-0.25, -0.2) is 9.97 Å². The van der Waals surface area contributed by atoms with Crippen LogP contribution in [0.4, 0.5) is 5.95 Å². The van der Waals surface area contributed by atoms with Gasteiger partial charge in [0.2, 0.25) is 5.95 Å². The number of benzene rings is 1. The third kappa shape index (κ3) is 3.01. The Labute approximate surface area is 112 Å². The molecule has 0 saturated carbocycles. The Morgan fingerprint density at radius 1 is 1.00 bits per heavy atom. The van der Waals surface area contributed by atoms with Crippen LogP contribution in [0.2, 0.25) is 0 Å². The van der Waals surface area contributed by atoms with Crippen LogP contribution in [-0.4, -0.2) is 17.0 Å². The second-order valence-electron chi connectivity index (χ2n) is 4.27. The van der Waals surface area contributed by atoms with Gasteiger partial charge in [0.1, 0.15) is 5.03 Å². The average Bonchev–Trinajstić information content (AvgIpc) is 2.33. The first-order valence-corrected chi connectivity index (χ1v) is 6.68. The van der Waals surface area contributed by atoms with Gasteiger partial charge in [-0.15, -0.1) is 0 Å². The lowest BCUT2D eigenvalue weighted by Crippen LogP contribution is -1.98. The first kappa shape index (κ1) is 12.9. The molecule has 0 spiro atoms. The fourth-order valence-electron chi connectivity index (χ4n) is 1.60. The molecule has 1 heterocycles. The average molecular weight is 259 g/mol. The van der Waals surface area contributed by atoms with Crippen LogP contribution >= 0.6 is 11.8 Å². The van der Waals surface area contributed by atoms with E-state index in [1.807, 2.05) is 20.0 Å². The third-order valence-electron chi connectivity index (χ3n) is 2.76. The monoisotopic (exact) mass is 259 g/mol. The number of aryl methyl sites for hydroxylation is 3. The van der Waals surface area contributed by atoms with E-state index in [1.54, 1.807) is 11.8 Å². The summed E-state index contributed by atoms with van der Waals surface area (Å²) >= 11 is 1.66. The maximum Gasteiger partial charge on any atom is 0.223 e. The van der Waals surface area contributed by atoms with Crippen molar-refractivity contribution in [3.8, 4) is 0 Å². The Hall–Kier alpha value is -1.55. The van der Waals surface area contributed by atoms with Crippen molar-refractivity contribution in [2.45, 2.75) is 30.7 Å². The van der Waals surface area contributed by atoms with Crippen molar-refractivity contribution in [1.82, 2.24) is 9.97 Å². The van der Waals surface area contributed by atoms with Crippen molar-refractivity contribution in [3.05, 3.63) is 41.1 Å². The summed E-state index contributed by atoms with van der Waals surface area (Å²) in [4.78, 5) is 9.94. The van der Waals surface area contributed by atoms with Crippen LogP contribution in [0, 0.1) is 20.8 Å². The molecule has 0 radical (unpaired) electrons. The molecule has 1 N–H and O–H groups in total. The lowest BCUT2D eigenvalue weighted by molar-refractivity contribution is 1.01. The minimum Gasteiger partial charge on any atom is -0.357 e. The van der Waals surface area contributed by atoms with Crippen LogP contribution in [-0.2, 0) is 0 Å². The summed E-state index contributed by atoms with van der Waals surface area (Å²) in [5.74, 6) is 0.668. The van der Waals surface area contributed by atoms with Crippen molar-refractivity contribution in [3.63, 3.8) is 0 Å². The largest absolute Gasteiger partial charge is 0.357 e. The van der Waals surface area contributed by atoms with Crippen molar-refractivity contribution >= 4 is 17.7 Å². The summed E-state index contributed by atoms with van der Waals surface area (Å²) in [5, 5.41) is 3.95. The fourth-order valence-corrected chi connectivity index (χ4v) is 2.58. The number of rotatable bonds is 3. The van der Waals surface area contributed by atoms with E-state index >= 15 is 0 Å². The molecular formula is C14H17N3S. The van der Waals surface area contributed by atoms with Crippen LogP contribution < -0.4 is 5.32 Å². The molecule has 0 unspecified atom stereocenters. The lowest BCUT2D eigenvalue weighted by Gasteiger charge is -2.06. The van der Waals surface area contributed by atoms with Gasteiger partial charge in [-0.1, -0.05) is 17.8 Å². The van der Waals surface area contributed by atoms with Gasteiger partial charge in [-0.3, -0.25) is 0 Å². The quantitative estimate of drug-likeness (QED) is 0.855. The highest BCUT2D eigenvalue weighted by Gasteiger charge is 2.04. The molecular weight excluding hydrogens is 242 g/mol. The van der Waals surface area contributed by atoms with Gasteiger partial charge in [-0.05, 0) is 50.1 Å². The van der Waals surface area contributed by atoms with Gasteiger partial charge in [0.25, 0.3) is 0 Å². The predicted molar refractivity (Wildman–Crippen MR) is 76.4 cm³/mol. The van der Waals surface area contributed by atoms with Gasteiger partial charge in [0.15, 0.2) is 0 Å². The maximum absolute atomic E-state index is 4.44. The highest BCUT2D eigenvalue weighted by Crippen LogP contribution is 2.28. The molecule has 2 rings (SSSR count). The van der Waals surface area contributed by atoms with Crippen molar-refractivity contribution < 1.29 is 0 Å². The number of hydrogen-bond donors (Lipinski definition) is 1. The van der Waals surface area contributed by atoms with E-state index < -0.39 is 0 Å². The maximum atomic E-state index is 4.44. The number of nitrogens with one attached hydrogen (secondary N) is 1. The second-order valence-corrected chi connectivity index (χ2v) is 5.36. The summed E-state index contributed by atoms with van der Waals surface area (Å²) in [6.07, 6.45) is 0. The van der Waals surface area contributed by atoms with Crippen LogP contribution in [0.5, 0.6) is 0 Å². The van der Waals surface area contributed by atoms with Crippen LogP contribution in [0.3, 0.4) is 0 Å². The Kier molecular flexibility index (Phi) is 3.87. The van der Waals surface area contributed by atoms with Crippen LogP contribution in [0.1, 0.15) is 16.8 Å². The summed E-state index contributed by atoms with van der Waals surface area (Å²) in [6.45, 7) is 6.23.